The lowest BCUT2D eigenvalue weighted by Gasteiger charge is -2.33. The van der Waals surface area contributed by atoms with E-state index in [2.05, 4.69) is 57.2 Å². The molecule has 2 aliphatic heterocycles. The lowest BCUT2D eigenvalue weighted by atomic mass is 9.98. The Balaban J connectivity index is 1.16. The summed E-state index contributed by atoms with van der Waals surface area (Å²) in [5, 5.41) is 3.09. The van der Waals surface area contributed by atoms with Gasteiger partial charge < -0.3 is 24.8 Å². The fourth-order valence-electron chi connectivity index (χ4n) is 4.72. The maximum absolute atomic E-state index is 12.7. The van der Waals surface area contributed by atoms with Crippen LogP contribution < -0.4 is 15.0 Å². The molecular formula is C27H39N5O2. The van der Waals surface area contributed by atoms with Gasteiger partial charge in [-0.2, -0.15) is 0 Å². The van der Waals surface area contributed by atoms with E-state index < -0.39 is 0 Å². The number of aromatic nitrogens is 1. The number of likely N-dealkylation sites (tertiary alicyclic amines) is 1. The molecule has 2 saturated heterocycles. The van der Waals surface area contributed by atoms with Crippen molar-refractivity contribution in [2.24, 2.45) is 5.92 Å². The van der Waals surface area contributed by atoms with Crippen molar-refractivity contribution in [2.45, 2.75) is 26.2 Å². The number of benzene rings is 1. The zero-order valence-electron chi connectivity index (χ0n) is 20.7. The van der Waals surface area contributed by atoms with Gasteiger partial charge in [0, 0.05) is 51.0 Å². The molecule has 34 heavy (non-hydrogen) atoms. The van der Waals surface area contributed by atoms with Crippen molar-refractivity contribution in [2.75, 3.05) is 70.9 Å². The molecule has 2 fully saturated rings. The predicted octanol–water partition coefficient (Wildman–Crippen LogP) is 2.92. The summed E-state index contributed by atoms with van der Waals surface area (Å²) in [6, 6.07) is 12.1. The number of hydrogen-bond acceptors (Lipinski definition) is 6. The van der Waals surface area contributed by atoms with E-state index in [0.29, 0.717) is 18.0 Å². The van der Waals surface area contributed by atoms with Crippen LogP contribution >= 0.6 is 0 Å². The Hall–Kier alpha value is -2.64. The number of likely N-dealkylation sites (N-methyl/N-ethyl adjacent to an activating group) is 1. The lowest BCUT2D eigenvalue weighted by molar-refractivity contribution is 0.0940. The summed E-state index contributed by atoms with van der Waals surface area (Å²) in [6.45, 7) is 10.6. The number of nitrogens with one attached hydrogen (secondary N) is 1. The Bertz CT molecular complexity index is 921. The van der Waals surface area contributed by atoms with E-state index in [0.717, 1.165) is 83.3 Å². The molecule has 0 radical (unpaired) electrons. The highest BCUT2D eigenvalue weighted by atomic mass is 16.5. The molecule has 4 rings (SSSR count). The number of carbonyl (C=O) groups excluding carboxylic acids is 1. The van der Waals surface area contributed by atoms with Crippen molar-refractivity contribution in [3.63, 3.8) is 0 Å². The molecule has 7 nitrogen and oxygen atoms in total. The van der Waals surface area contributed by atoms with E-state index in [1.165, 1.54) is 5.56 Å². The Morgan fingerprint density at radius 3 is 2.62 bits per heavy atom. The van der Waals surface area contributed by atoms with Gasteiger partial charge in [-0.25, -0.2) is 4.98 Å². The molecule has 0 unspecified atom stereocenters. The number of pyridine rings is 1. The van der Waals surface area contributed by atoms with Crippen LogP contribution in [0, 0.1) is 5.92 Å². The second-order valence-electron chi connectivity index (χ2n) is 9.51. The van der Waals surface area contributed by atoms with Crippen molar-refractivity contribution in [3.8, 4) is 5.75 Å². The van der Waals surface area contributed by atoms with Crippen LogP contribution in [0.2, 0.25) is 0 Å². The van der Waals surface area contributed by atoms with E-state index in [9.17, 15) is 4.79 Å². The molecule has 1 N–H and O–H groups in total. The normalized spacial score (nSPS) is 18.1. The highest BCUT2D eigenvalue weighted by Gasteiger charge is 2.20. The summed E-state index contributed by atoms with van der Waals surface area (Å²) in [6.07, 6.45) is 5.02. The molecule has 0 atom stereocenters. The second kappa shape index (κ2) is 12.2. The molecule has 7 heteroatoms. The first-order chi connectivity index (χ1) is 16.6. The minimum atomic E-state index is -0.0179. The van der Waals surface area contributed by atoms with Gasteiger partial charge in [-0.15, -0.1) is 0 Å². The van der Waals surface area contributed by atoms with Gasteiger partial charge in [0.1, 0.15) is 11.6 Å². The number of piperazine rings is 1. The van der Waals surface area contributed by atoms with Crippen LogP contribution in [0.3, 0.4) is 0 Å². The smallest absolute Gasteiger partial charge is 0.251 e. The van der Waals surface area contributed by atoms with E-state index in [1.807, 2.05) is 12.1 Å². The number of ether oxygens (including phenoxy) is 1. The molecular weight excluding hydrogens is 426 g/mol. The number of amides is 1. The monoisotopic (exact) mass is 465 g/mol. The summed E-state index contributed by atoms with van der Waals surface area (Å²) < 4.78 is 6.14. The van der Waals surface area contributed by atoms with Crippen molar-refractivity contribution in [3.05, 3.63) is 53.7 Å². The van der Waals surface area contributed by atoms with Crippen molar-refractivity contribution >= 4 is 11.7 Å². The first kappa shape index (κ1) is 24.5. The number of rotatable bonds is 9. The van der Waals surface area contributed by atoms with Crippen LogP contribution in [-0.4, -0.2) is 86.7 Å². The summed E-state index contributed by atoms with van der Waals surface area (Å²) in [7, 11) is 2.14. The minimum Gasteiger partial charge on any atom is -0.493 e. The fraction of sp³-hybridized carbons (Fsp3) is 0.556. The minimum absolute atomic E-state index is 0.0179. The summed E-state index contributed by atoms with van der Waals surface area (Å²) >= 11 is 0. The van der Waals surface area contributed by atoms with E-state index in [1.54, 1.807) is 12.3 Å². The lowest BCUT2D eigenvalue weighted by Crippen LogP contribution is -2.45. The average molecular weight is 466 g/mol. The zero-order valence-corrected chi connectivity index (χ0v) is 20.7. The molecule has 1 amide bonds. The Morgan fingerprint density at radius 2 is 1.85 bits per heavy atom. The van der Waals surface area contributed by atoms with E-state index in [-0.39, 0.29) is 5.91 Å². The number of anilines is 1. The topological polar surface area (TPSA) is 60.9 Å². The Morgan fingerprint density at radius 1 is 1.09 bits per heavy atom. The number of aryl methyl sites for hydroxylation is 1. The highest BCUT2D eigenvalue weighted by molar-refractivity contribution is 5.94. The number of para-hydroxylation sites is 1. The Kier molecular flexibility index (Phi) is 8.77. The molecule has 2 aromatic rings. The van der Waals surface area contributed by atoms with Crippen LogP contribution in [0.5, 0.6) is 5.75 Å². The second-order valence-corrected chi connectivity index (χ2v) is 9.51. The fourth-order valence-corrected chi connectivity index (χ4v) is 4.72. The average Bonchev–Trinajstić information content (AvgIpc) is 2.89. The van der Waals surface area contributed by atoms with E-state index in [4.69, 9.17) is 4.74 Å². The molecule has 3 heterocycles. The molecule has 0 saturated carbocycles. The third-order valence-corrected chi connectivity index (χ3v) is 7.08. The van der Waals surface area contributed by atoms with Crippen molar-refractivity contribution < 1.29 is 9.53 Å². The van der Waals surface area contributed by atoms with Gasteiger partial charge in [0.2, 0.25) is 0 Å². The van der Waals surface area contributed by atoms with Gasteiger partial charge in [0.15, 0.2) is 0 Å². The SMILES string of the molecule is CCc1ccccc1OCC1CCN(CCNC(=O)c2ccnc(N3CCN(C)CC3)c2)CC1. The van der Waals surface area contributed by atoms with Crippen molar-refractivity contribution in [1.29, 1.82) is 0 Å². The molecule has 2 aliphatic rings. The maximum Gasteiger partial charge on any atom is 0.251 e. The number of nitrogens with zero attached hydrogens (tertiary/aromatic N) is 4. The van der Waals surface area contributed by atoms with Crippen LogP contribution in [0.15, 0.2) is 42.6 Å². The number of hydrogen-bond donors (Lipinski definition) is 1. The molecule has 184 valence electrons. The summed E-state index contributed by atoms with van der Waals surface area (Å²) in [5.41, 5.74) is 1.97. The van der Waals surface area contributed by atoms with Gasteiger partial charge in [0.05, 0.1) is 6.61 Å². The zero-order chi connectivity index (χ0) is 23.8. The predicted molar refractivity (Wildman–Crippen MR) is 137 cm³/mol. The quantitative estimate of drug-likeness (QED) is 0.615. The van der Waals surface area contributed by atoms with Crippen LogP contribution in [0.4, 0.5) is 5.82 Å². The largest absolute Gasteiger partial charge is 0.493 e. The molecule has 0 aliphatic carbocycles. The maximum atomic E-state index is 12.7. The van der Waals surface area contributed by atoms with Crippen LogP contribution in [0.1, 0.15) is 35.7 Å². The summed E-state index contributed by atoms with van der Waals surface area (Å²) in [5.74, 6) is 2.50. The van der Waals surface area contributed by atoms with Crippen LogP contribution in [-0.2, 0) is 6.42 Å². The van der Waals surface area contributed by atoms with E-state index >= 15 is 0 Å². The standard InChI is InChI=1S/C27H39N5O2/c1-3-23-6-4-5-7-25(23)34-21-22-9-13-31(14-10-22)15-12-29-27(33)24-8-11-28-26(20-24)32-18-16-30(2)17-19-32/h4-8,11,20,22H,3,9-10,12-19,21H2,1-2H3,(H,29,33). The third-order valence-electron chi connectivity index (χ3n) is 7.08. The molecule has 0 bridgehead atoms. The highest BCUT2D eigenvalue weighted by Crippen LogP contribution is 2.22. The number of piperidine rings is 1. The van der Waals surface area contributed by atoms with Crippen molar-refractivity contribution in [1.82, 2.24) is 20.1 Å². The summed E-state index contributed by atoms with van der Waals surface area (Å²) in [4.78, 5) is 24.2. The van der Waals surface area contributed by atoms with Gasteiger partial charge in [-0.3, -0.25) is 4.79 Å². The first-order valence-corrected chi connectivity index (χ1v) is 12.7. The Labute approximate surface area is 204 Å². The number of carbonyl (C=O) groups is 1. The van der Waals surface area contributed by atoms with Gasteiger partial charge in [0.25, 0.3) is 5.91 Å². The van der Waals surface area contributed by atoms with Gasteiger partial charge in [-0.1, -0.05) is 25.1 Å². The molecule has 1 aromatic heterocycles. The third kappa shape index (κ3) is 6.70. The van der Waals surface area contributed by atoms with Gasteiger partial charge >= 0.3 is 0 Å². The van der Waals surface area contributed by atoms with Crippen LogP contribution in [0.25, 0.3) is 0 Å². The molecule has 0 spiro atoms. The first-order valence-electron chi connectivity index (χ1n) is 12.7. The van der Waals surface area contributed by atoms with Gasteiger partial charge in [-0.05, 0) is 69.1 Å². The molecule has 1 aromatic carbocycles.